The van der Waals surface area contributed by atoms with Crippen LogP contribution >= 0.6 is 0 Å². The van der Waals surface area contributed by atoms with Gasteiger partial charge in [-0.2, -0.15) is 0 Å². The minimum absolute atomic E-state index is 0.0999. The van der Waals surface area contributed by atoms with Crippen molar-refractivity contribution in [3.05, 3.63) is 28.8 Å². The standard InChI is InChI=1S/C15H23NO2/c1-10-8-11(2)14(13(9-10)18-5)12(17)6-7-15(3,4)16/h8-9H,6-7,16H2,1-5H3. The maximum atomic E-state index is 12.3. The lowest BCUT2D eigenvalue weighted by Crippen LogP contribution is -2.32. The number of benzene rings is 1. The number of hydrogen-bond acceptors (Lipinski definition) is 3. The van der Waals surface area contributed by atoms with Crippen LogP contribution in [-0.2, 0) is 0 Å². The monoisotopic (exact) mass is 249 g/mol. The first kappa shape index (κ1) is 14.7. The van der Waals surface area contributed by atoms with Crippen molar-refractivity contribution in [2.45, 2.75) is 46.1 Å². The molecule has 18 heavy (non-hydrogen) atoms. The van der Waals surface area contributed by atoms with Crippen LogP contribution in [0.25, 0.3) is 0 Å². The van der Waals surface area contributed by atoms with E-state index in [0.717, 1.165) is 11.1 Å². The van der Waals surface area contributed by atoms with Gasteiger partial charge in [0.2, 0.25) is 0 Å². The smallest absolute Gasteiger partial charge is 0.166 e. The van der Waals surface area contributed by atoms with Crippen molar-refractivity contribution in [3.63, 3.8) is 0 Å². The van der Waals surface area contributed by atoms with Crippen molar-refractivity contribution in [1.82, 2.24) is 0 Å². The van der Waals surface area contributed by atoms with Crippen molar-refractivity contribution < 1.29 is 9.53 Å². The van der Waals surface area contributed by atoms with E-state index in [4.69, 9.17) is 10.5 Å². The molecule has 0 heterocycles. The Morgan fingerprint density at radius 2 is 1.94 bits per heavy atom. The fourth-order valence-electron chi connectivity index (χ4n) is 2.01. The van der Waals surface area contributed by atoms with E-state index < -0.39 is 0 Å². The van der Waals surface area contributed by atoms with Gasteiger partial charge in [0.05, 0.1) is 12.7 Å². The molecule has 0 spiro atoms. The third-order valence-electron chi connectivity index (χ3n) is 2.94. The van der Waals surface area contributed by atoms with E-state index in [1.807, 2.05) is 39.8 Å². The average Bonchev–Trinajstić information content (AvgIpc) is 2.23. The van der Waals surface area contributed by atoms with Crippen LogP contribution in [0.5, 0.6) is 5.75 Å². The molecule has 0 aliphatic rings. The summed E-state index contributed by atoms with van der Waals surface area (Å²) in [5.74, 6) is 0.759. The maximum absolute atomic E-state index is 12.3. The molecular weight excluding hydrogens is 226 g/mol. The number of ketones is 1. The molecule has 0 amide bonds. The second-order valence-electron chi connectivity index (χ2n) is 5.57. The summed E-state index contributed by atoms with van der Waals surface area (Å²) in [5, 5.41) is 0. The average molecular weight is 249 g/mol. The number of Topliss-reactive ketones (excluding diaryl/α,β-unsaturated/α-hetero) is 1. The second-order valence-corrected chi connectivity index (χ2v) is 5.57. The van der Waals surface area contributed by atoms with Gasteiger partial charge in [-0.1, -0.05) is 6.07 Å². The molecule has 0 saturated carbocycles. The molecule has 0 aliphatic carbocycles. The fourth-order valence-corrected chi connectivity index (χ4v) is 2.01. The van der Waals surface area contributed by atoms with Gasteiger partial charge in [-0.25, -0.2) is 0 Å². The molecule has 1 rings (SSSR count). The van der Waals surface area contributed by atoms with Crippen molar-refractivity contribution in [2.24, 2.45) is 5.73 Å². The summed E-state index contributed by atoms with van der Waals surface area (Å²) in [6.45, 7) is 7.79. The Bertz CT molecular complexity index is 445. The molecule has 3 nitrogen and oxygen atoms in total. The van der Waals surface area contributed by atoms with Crippen molar-refractivity contribution in [1.29, 1.82) is 0 Å². The third-order valence-corrected chi connectivity index (χ3v) is 2.94. The summed E-state index contributed by atoms with van der Waals surface area (Å²) >= 11 is 0. The Hall–Kier alpha value is -1.35. The van der Waals surface area contributed by atoms with Gasteiger partial charge in [0.25, 0.3) is 0 Å². The zero-order chi connectivity index (χ0) is 13.9. The maximum Gasteiger partial charge on any atom is 0.166 e. The van der Waals surface area contributed by atoms with Crippen molar-refractivity contribution in [2.75, 3.05) is 7.11 Å². The van der Waals surface area contributed by atoms with E-state index in [-0.39, 0.29) is 11.3 Å². The van der Waals surface area contributed by atoms with Crippen LogP contribution in [0, 0.1) is 13.8 Å². The summed E-state index contributed by atoms with van der Waals surface area (Å²) < 4.78 is 5.31. The summed E-state index contributed by atoms with van der Waals surface area (Å²) in [5.41, 5.74) is 8.34. The van der Waals surface area contributed by atoms with Crippen LogP contribution in [0.15, 0.2) is 12.1 Å². The van der Waals surface area contributed by atoms with Gasteiger partial charge in [0.1, 0.15) is 5.75 Å². The molecule has 0 aromatic heterocycles. The van der Waals surface area contributed by atoms with Gasteiger partial charge < -0.3 is 10.5 Å². The number of hydrogen-bond donors (Lipinski definition) is 1. The van der Waals surface area contributed by atoms with Gasteiger partial charge in [-0.3, -0.25) is 4.79 Å². The first-order valence-electron chi connectivity index (χ1n) is 6.22. The van der Waals surface area contributed by atoms with E-state index >= 15 is 0 Å². The zero-order valence-electron chi connectivity index (χ0n) is 12.0. The Morgan fingerprint density at radius 3 is 2.44 bits per heavy atom. The molecule has 0 saturated heterocycles. The quantitative estimate of drug-likeness (QED) is 0.816. The summed E-state index contributed by atoms with van der Waals surface area (Å²) in [6.07, 6.45) is 1.12. The lowest BCUT2D eigenvalue weighted by Gasteiger charge is -2.18. The second kappa shape index (κ2) is 5.53. The molecule has 0 bridgehead atoms. The fraction of sp³-hybridized carbons (Fsp3) is 0.533. The van der Waals surface area contributed by atoms with Crippen LogP contribution < -0.4 is 10.5 Å². The minimum atomic E-state index is -0.318. The first-order chi connectivity index (χ1) is 8.24. The number of ether oxygens (including phenoxy) is 1. The lowest BCUT2D eigenvalue weighted by molar-refractivity contribution is 0.0969. The lowest BCUT2D eigenvalue weighted by atomic mass is 9.93. The van der Waals surface area contributed by atoms with Gasteiger partial charge in [-0.05, 0) is 51.3 Å². The van der Waals surface area contributed by atoms with E-state index in [9.17, 15) is 4.79 Å². The van der Waals surface area contributed by atoms with Gasteiger partial charge in [0.15, 0.2) is 5.78 Å². The highest BCUT2D eigenvalue weighted by Crippen LogP contribution is 2.26. The van der Waals surface area contributed by atoms with E-state index in [1.54, 1.807) is 7.11 Å². The molecule has 0 aliphatic heterocycles. The molecule has 0 radical (unpaired) electrons. The van der Waals surface area contributed by atoms with Gasteiger partial charge in [-0.15, -0.1) is 0 Å². The van der Waals surface area contributed by atoms with E-state index in [2.05, 4.69) is 0 Å². The number of aryl methyl sites for hydroxylation is 2. The van der Waals surface area contributed by atoms with Crippen LogP contribution in [0.1, 0.15) is 48.2 Å². The summed E-state index contributed by atoms with van der Waals surface area (Å²) in [7, 11) is 1.60. The number of nitrogens with two attached hydrogens (primary N) is 1. The molecule has 0 atom stereocenters. The number of rotatable bonds is 5. The first-order valence-corrected chi connectivity index (χ1v) is 6.22. The number of carbonyl (C=O) groups excluding carboxylic acids is 1. The Morgan fingerprint density at radius 1 is 1.33 bits per heavy atom. The molecule has 2 N–H and O–H groups in total. The van der Waals surface area contributed by atoms with Crippen LogP contribution in [-0.4, -0.2) is 18.4 Å². The molecule has 0 fully saturated rings. The molecule has 100 valence electrons. The van der Waals surface area contributed by atoms with E-state index in [1.165, 1.54) is 0 Å². The summed E-state index contributed by atoms with van der Waals surface area (Å²) in [4.78, 5) is 12.3. The topological polar surface area (TPSA) is 52.3 Å². The van der Waals surface area contributed by atoms with E-state index in [0.29, 0.717) is 24.2 Å². The predicted molar refractivity (Wildman–Crippen MR) is 74.3 cm³/mol. The summed E-state index contributed by atoms with van der Waals surface area (Å²) in [6, 6.07) is 3.90. The Labute approximate surface area is 109 Å². The predicted octanol–water partition coefficient (Wildman–Crippen LogP) is 3.01. The van der Waals surface area contributed by atoms with Crippen LogP contribution in [0.4, 0.5) is 0 Å². The number of methoxy groups -OCH3 is 1. The normalized spacial score (nSPS) is 11.4. The zero-order valence-corrected chi connectivity index (χ0v) is 12.0. The van der Waals surface area contributed by atoms with Crippen LogP contribution in [0.2, 0.25) is 0 Å². The highest BCUT2D eigenvalue weighted by molar-refractivity contribution is 6.00. The minimum Gasteiger partial charge on any atom is -0.496 e. The highest BCUT2D eigenvalue weighted by Gasteiger charge is 2.19. The highest BCUT2D eigenvalue weighted by atomic mass is 16.5. The number of carbonyl (C=O) groups is 1. The molecule has 0 unspecified atom stereocenters. The SMILES string of the molecule is COc1cc(C)cc(C)c1C(=O)CCC(C)(C)N. The Kier molecular flexibility index (Phi) is 4.52. The molecule has 3 heteroatoms. The Balaban J connectivity index is 2.98. The van der Waals surface area contributed by atoms with Crippen molar-refractivity contribution in [3.8, 4) is 5.75 Å². The van der Waals surface area contributed by atoms with Crippen LogP contribution in [0.3, 0.4) is 0 Å². The molecular formula is C15H23NO2. The largest absolute Gasteiger partial charge is 0.496 e. The van der Waals surface area contributed by atoms with Gasteiger partial charge in [0, 0.05) is 12.0 Å². The molecule has 1 aromatic carbocycles. The third kappa shape index (κ3) is 3.84. The van der Waals surface area contributed by atoms with Gasteiger partial charge >= 0.3 is 0 Å². The van der Waals surface area contributed by atoms with Crippen molar-refractivity contribution >= 4 is 5.78 Å². The molecule has 1 aromatic rings.